The van der Waals surface area contributed by atoms with Crippen LogP contribution in [0.4, 0.5) is 5.95 Å². The fraction of sp³-hybridized carbons (Fsp3) is 0.692. The molecule has 0 aromatic carbocycles. The van der Waals surface area contributed by atoms with E-state index >= 15 is 0 Å². The molecule has 18 heavy (non-hydrogen) atoms. The SMILES string of the molecule is CCSCCC(C)Nc1nccc(OC(C)C)n1. The van der Waals surface area contributed by atoms with Crippen molar-refractivity contribution in [2.24, 2.45) is 0 Å². The van der Waals surface area contributed by atoms with E-state index in [4.69, 9.17) is 4.74 Å². The molecule has 0 spiro atoms. The van der Waals surface area contributed by atoms with Crippen molar-refractivity contribution in [3.05, 3.63) is 12.3 Å². The number of nitrogens with zero attached hydrogens (tertiary/aromatic N) is 2. The third kappa shape index (κ3) is 6.10. The van der Waals surface area contributed by atoms with Crippen molar-refractivity contribution >= 4 is 17.7 Å². The van der Waals surface area contributed by atoms with Crippen LogP contribution in [0.2, 0.25) is 0 Å². The van der Waals surface area contributed by atoms with Crippen LogP contribution in [-0.4, -0.2) is 33.6 Å². The largest absolute Gasteiger partial charge is 0.475 e. The van der Waals surface area contributed by atoms with Gasteiger partial charge >= 0.3 is 0 Å². The zero-order chi connectivity index (χ0) is 13.4. The molecule has 1 rings (SSSR count). The molecule has 4 nitrogen and oxygen atoms in total. The summed E-state index contributed by atoms with van der Waals surface area (Å²) in [4.78, 5) is 8.54. The summed E-state index contributed by atoms with van der Waals surface area (Å²) in [5.74, 6) is 3.59. The summed E-state index contributed by atoms with van der Waals surface area (Å²) in [6, 6.07) is 2.15. The molecule has 0 bridgehead atoms. The minimum absolute atomic E-state index is 0.131. The smallest absolute Gasteiger partial charge is 0.226 e. The summed E-state index contributed by atoms with van der Waals surface area (Å²) in [5.41, 5.74) is 0. The van der Waals surface area contributed by atoms with Gasteiger partial charge < -0.3 is 10.1 Å². The molecule has 1 unspecified atom stereocenters. The van der Waals surface area contributed by atoms with Gasteiger partial charge in [0.05, 0.1) is 6.10 Å². The molecule has 1 N–H and O–H groups in total. The van der Waals surface area contributed by atoms with Crippen LogP contribution in [0.15, 0.2) is 12.3 Å². The Morgan fingerprint density at radius 2 is 2.17 bits per heavy atom. The van der Waals surface area contributed by atoms with E-state index in [-0.39, 0.29) is 6.10 Å². The Kier molecular flexibility index (Phi) is 6.86. The maximum atomic E-state index is 5.54. The Bertz CT molecular complexity index is 347. The van der Waals surface area contributed by atoms with Crippen LogP contribution >= 0.6 is 11.8 Å². The van der Waals surface area contributed by atoms with E-state index in [9.17, 15) is 0 Å². The summed E-state index contributed by atoms with van der Waals surface area (Å²) in [6.45, 7) is 8.30. The van der Waals surface area contributed by atoms with Crippen LogP contribution in [-0.2, 0) is 0 Å². The highest BCUT2D eigenvalue weighted by atomic mass is 32.2. The predicted molar refractivity (Wildman–Crippen MR) is 78.5 cm³/mol. The van der Waals surface area contributed by atoms with Gasteiger partial charge in [0.15, 0.2) is 0 Å². The molecule has 0 fully saturated rings. The van der Waals surface area contributed by atoms with E-state index < -0.39 is 0 Å². The van der Waals surface area contributed by atoms with Crippen LogP contribution in [0, 0.1) is 0 Å². The van der Waals surface area contributed by atoms with E-state index in [0.717, 1.165) is 12.2 Å². The molecular weight excluding hydrogens is 246 g/mol. The summed E-state index contributed by atoms with van der Waals surface area (Å²) in [7, 11) is 0. The van der Waals surface area contributed by atoms with Crippen molar-refractivity contribution in [1.82, 2.24) is 9.97 Å². The van der Waals surface area contributed by atoms with Gasteiger partial charge in [0, 0.05) is 18.3 Å². The molecule has 0 amide bonds. The van der Waals surface area contributed by atoms with Gasteiger partial charge in [-0.2, -0.15) is 16.7 Å². The lowest BCUT2D eigenvalue weighted by molar-refractivity contribution is 0.232. The third-order valence-corrected chi connectivity index (χ3v) is 3.19. The highest BCUT2D eigenvalue weighted by Gasteiger charge is 2.06. The van der Waals surface area contributed by atoms with Crippen LogP contribution in [0.1, 0.15) is 34.1 Å². The van der Waals surface area contributed by atoms with Gasteiger partial charge in [0.2, 0.25) is 11.8 Å². The fourth-order valence-corrected chi connectivity index (χ4v) is 2.22. The molecule has 0 aliphatic carbocycles. The number of rotatable bonds is 8. The second-order valence-electron chi connectivity index (χ2n) is 4.42. The van der Waals surface area contributed by atoms with Crippen molar-refractivity contribution in [1.29, 1.82) is 0 Å². The minimum atomic E-state index is 0.131. The van der Waals surface area contributed by atoms with Crippen LogP contribution in [0.3, 0.4) is 0 Å². The van der Waals surface area contributed by atoms with E-state index in [2.05, 4.69) is 29.1 Å². The van der Waals surface area contributed by atoms with E-state index in [0.29, 0.717) is 17.9 Å². The first-order chi connectivity index (χ1) is 8.61. The highest BCUT2D eigenvalue weighted by Crippen LogP contribution is 2.12. The molecule has 1 atom stereocenters. The maximum Gasteiger partial charge on any atom is 0.226 e. The number of ether oxygens (including phenoxy) is 1. The molecule has 1 aromatic rings. The van der Waals surface area contributed by atoms with Gasteiger partial charge in [0.1, 0.15) is 0 Å². The van der Waals surface area contributed by atoms with Crippen LogP contribution in [0.25, 0.3) is 0 Å². The molecule has 0 aliphatic heterocycles. The Hall–Kier alpha value is -0.970. The highest BCUT2D eigenvalue weighted by molar-refractivity contribution is 7.99. The van der Waals surface area contributed by atoms with Gasteiger partial charge in [-0.1, -0.05) is 6.92 Å². The predicted octanol–water partition coefficient (Wildman–Crippen LogP) is 3.21. The zero-order valence-corrected chi connectivity index (χ0v) is 12.5. The Morgan fingerprint density at radius 3 is 2.83 bits per heavy atom. The van der Waals surface area contributed by atoms with Crippen molar-refractivity contribution in [2.45, 2.75) is 46.3 Å². The van der Waals surface area contributed by atoms with Crippen LogP contribution < -0.4 is 10.1 Å². The average Bonchev–Trinajstić information content (AvgIpc) is 2.28. The van der Waals surface area contributed by atoms with E-state index in [1.807, 2.05) is 25.6 Å². The number of hydrogen-bond acceptors (Lipinski definition) is 5. The Balaban J connectivity index is 2.45. The molecule has 1 aromatic heterocycles. The number of nitrogens with one attached hydrogen (secondary N) is 1. The first-order valence-corrected chi connectivity index (χ1v) is 7.61. The van der Waals surface area contributed by atoms with E-state index in [1.165, 1.54) is 5.75 Å². The monoisotopic (exact) mass is 269 g/mol. The first-order valence-electron chi connectivity index (χ1n) is 6.45. The van der Waals surface area contributed by atoms with Gasteiger partial charge in [-0.3, -0.25) is 0 Å². The zero-order valence-electron chi connectivity index (χ0n) is 11.6. The topological polar surface area (TPSA) is 47.0 Å². The van der Waals surface area contributed by atoms with Gasteiger partial charge in [-0.15, -0.1) is 0 Å². The van der Waals surface area contributed by atoms with Gasteiger partial charge in [0.25, 0.3) is 0 Å². The molecule has 102 valence electrons. The summed E-state index contributed by atoms with van der Waals surface area (Å²) >= 11 is 1.95. The second-order valence-corrected chi connectivity index (χ2v) is 5.81. The summed E-state index contributed by atoms with van der Waals surface area (Å²) in [5, 5.41) is 3.30. The number of anilines is 1. The van der Waals surface area contributed by atoms with Gasteiger partial charge in [-0.05, 0) is 38.7 Å². The number of hydrogen-bond donors (Lipinski definition) is 1. The molecule has 0 radical (unpaired) electrons. The van der Waals surface area contributed by atoms with Gasteiger partial charge in [-0.25, -0.2) is 4.98 Å². The molecule has 0 saturated carbocycles. The lowest BCUT2D eigenvalue weighted by Gasteiger charge is -2.14. The number of aromatic nitrogens is 2. The average molecular weight is 269 g/mol. The normalized spacial score (nSPS) is 12.5. The summed E-state index contributed by atoms with van der Waals surface area (Å²) in [6.07, 6.45) is 2.96. The lowest BCUT2D eigenvalue weighted by atomic mass is 10.3. The van der Waals surface area contributed by atoms with Crippen molar-refractivity contribution < 1.29 is 4.74 Å². The lowest BCUT2D eigenvalue weighted by Crippen LogP contribution is -2.18. The molecule has 0 aliphatic rings. The van der Waals surface area contributed by atoms with Crippen molar-refractivity contribution in [3.63, 3.8) is 0 Å². The van der Waals surface area contributed by atoms with E-state index in [1.54, 1.807) is 12.3 Å². The third-order valence-electron chi connectivity index (χ3n) is 2.26. The Morgan fingerprint density at radius 1 is 1.39 bits per heavy atom. The fourth-order valence-electron chi connectivity index (χ4n) is 1.42. The van der Waals surface area contributed by atoms with Crippen LogP contribution in [0.5, 0.6) is 5.88 Å². The van der Waals surface area contributed by atoms with Crippen molar-refractivity contribution in [3.8, 4) is 5.88 Å². The van der Waals surface area contributed by atoms with Crippen molar-refractivity contribution in [2.75, 3.05) is 16.8 Å². The summed E-state index contributed by atoms with van der Waals surface area (Å²) < 4.78 is 5.54. The number of thioether (sulfide) groups is 1. The molecule has 0 saturated heterocycles. The minimum Gasteiger partial charge on any atom is -0.475 e. The molecule has 5 heteroatoms. The standard InChI is InChI=1S/C13H23N3OS/c1-5-18-9-7-11(4)15-13-14-8-6-12(16-13)17-10(2)3/h6,8,10-11H,5,7,9H2,1-4H3,(H,14,15,16). The quantitative estimate of drug-likeness (QED) is 0.734. The molecular formula is C13H23N3OS. The molecule has 1 heterocycles. The maximum absolute atomic E-state index is 5.54. The first kappa shape index (κ1) is 15.1. The second kappa shape index (κ2) is 8.19. The Labute approximate surface area is 114 Å².